The average molecular weight is 449 g/mol. The van der Waals surface area contributed by atoms with Crippen LogP contribution in [-0.4, -0.2) is 51.7 Å². The van der Waals surface area contributed by atoms with Crippen LogP contribution in [0, 0.1) is 28.6 Å². The van der Waals surface area contributed by atoms with Gasteiger partial charge in [-0.25, -0.2) is 4.39 Å². The van der Waals surface area contributed by atoms with Crippen LogP contribution in [0.15, 0.2) is 23.8 Å². The van der Waals surface area contributed by atoms with Crippen molar-refractivity contribution in [1.29, 1.82) is 0 Å². The number of aliphatic hydroxyl groups is 2. The summed E-state index contributed by atoms with van der Waals surface area (Å²) in [5.41, 5.74) is -5.32. The highest BCUT2D eigenvalue weighted by Gasteiger charge is 2.76. The molecule has 0 spiro atoms. The smallest absolute Gasteiger partial charge is 0.305 e. The molecular weight excluding hydrogens is 415 g/mol. The molecule has 0 heterocycles. The Hall–Kier alpha value is -1.86. The first-order valence-corrected chi connectivity index (χ1v) is 11.6. The molecule has 7 heteroatoms. The number of Topliss-reactive ketones (excluding diaryl/α,β-unsaturated/α-hetero) is 1. The van der Waals surface area contributed by atoms with Crippen LogP contribution in [0.1, 0.15) is 59.8 Å². The van der Waals surface area contributed by atoms with E-state index in [2.05, 4.69) is 0 Å². The van der Waals surface area contributed by atoms with Gasteiger partial charge < -0.3 is 14.9 Å². The van der Waals surface area contributed by atoms with E-state index in [9.17, 15) is 24.6 Å². The predicted octanol–water partition coefficient (Wildman–Crippen LogP) is 2.86. The molecule has 0 amide bonds. The van der Waals surface area contributed by atoms with Crippen molar-refractivity contribution in [2.24, 2.45) is 28.6 Å². The van der Waals surface area contributed by atoms with Crippen molar-refractivity contribution in [2.45, 2.75) is 77.2 Å². The van der Waals surface area contributed by atoms with E-state index in [1.807, 2.05) is 0 Å². The molecular formula is C25H33FO6. The molecule has 0 aromatic carbocycles. The van der Waals surface area contributed by atoms with Gasteiger partial charge in [-0.3, -0.25) is 14.4 Å². The number of carbonyl (C=O) groups is 3. The topological polar surface area (TPSA) is 101 Å². The molecule has 4 aliphatic rings. The summed E-state index contributed by atoms with van der Waals surface area (Å²) in [6.45, 7) is 6.12. The van der Waals surface area contributed by atoms with Crippen LogP contribution in [0.3, 0.4) is 0 Å². The van der Waals surface area contributed by atoms with E-state index in [0.29, 0.717) is 24.8 Å². The number of carbonyl (C=O) groups excluding carboxylic acids is 3. The predicted molar refractivity (Wildman–Crippen MR) is 114 cm³/mol. The van der Waals surface area contributed by atoms with Crippen molar-refractivity contribution < 1.29 is 33.7 Å². The van der Waals surface area contributed by atoms with Gasteiger partial charge in [0.2, 0.25) is 0 Å². The summed E-state index contributed by atoms with van der Waals surface area (Å²) in [6, 6.07) is 0. The van der Waals surface area contributed by atoms with Crippen LogP contribution in [0.4, 0.5) is 4.39 Å². The van der Waals surface area contributed by atoms with Gasteiger partial charge in [-0.15, -0.1) is 0 Å². The first-order valence-electron chi connectivity index (χ1n) is 11.6. The molecule has 3 fully saturated rings. The minimum atomic E-state index is -1.99. The van der Waals surface area contributed by atoms with E-state index in [4.69, 9.17) is 4.74 Å². The van der Waals surface area contributed by atoms with Crippen molar-refractivity contribution >= 4 is 17.5 Å². The van der Waals surface area contributed by atoms with Gasteiger partial charge in [-0.05, 0) is 56.6 Å². The van der Waals surface area contributed by atoms with Gasteiger partial charge in [-0.2, -0.15) is 0 Å². The number of allylic oxidation sites excluding steroid dienone is 4. The van der Waals surface area contributed by atoms with Crippen molar-refractivity contribution in [3.05, 3.63) is 23.8 Å². The molecule has 176 valence electrons. The molecule has 0 aromatic heterocycles. The number of hydrogen-bond donors (Lipinski definition) is 2. The lowest BCUT2D eigenvalue weighted by atomic mass is 9.44. The number of alkyl halides is 1. The second kappa shape index (κ2) is 7.32. The Morgan fingerprint density at radius 1 is 1.28 bits per heavy atom. The second-order valence-corrected chi connectivity index (χ2v) is 10.6. The van der Waals surface area contributed by atoms with Gasteiger partial charge in [0.05, 0.1) is 0 Å². The summed E-state index contributed by atoms with van der Waals surface area (Å²) >= 11 is 0. The molecule has 32 heavy (non-hydrogen) atoms. The number of ketones is 2. The van der Waals surface area contributed by atoms with Crippen molar-refractivity contribution in [2.75, 3.05) is 6.61 Å². The number of rotatable bonds is 4. The summed E-state index contributed by atoms with van der Waals surface area (Å²) < 4.78 is 23.3. The third-order valence-corrected chi connectivity index (χ3v) is 9.33. The molecule has 0 unspecified atom stereocenters. The Morgan fingerprint density at radius 2 is 1.97 bits per heavy atom. The van der Waals surface area contributed by atoms with Crippen LogP contribution < -0.4 is 0 Å². The quantitative estimate of drug-likeness (QED) is 0.642. The number of halogens is 1. The first kappa shape index (κ1) is 23.3. The summed E-state index contributed by atoms with van der Waals surface area (Å²) in [5.74, 6) is -2.81. The number of aliphatic hydroxyl groups excluding tert-OH is 1. The number of esters is 1. The van der Waals surface area contributed by atoms with Crippen molar-refractivity contribution in [3.63, 3.8) is 0 Å². The van der Waals surface area contributed by atoms with E-state index in [1.165, 1.54) is 12.2 Å². The van der Waals surface area contributed by atoms with Gasteiger partial charge in [0, 0.05) is 23.2 Å². The van der Waals surface area contributed by atoms with Crippen molar-refractivity contribution in [1.82, 2.24) is 0 Å². The fourth-order valence-corrected chi connectivity index (χ4v) is 7.59. The SMILES string of the molecule is CCC(=O)O[C@H]1C[C@@]2(C)[C@@H](C[C@H](C)[C@]2(O)C(=O)CO)[C@@H]2CCC3=CC(=O)C=C[C@]3(C)[C@@]12F. The Morgan fingerprint density at radius 3 is 2.59 bits per heavy atom. The fraction of sp³-hybridized carbons (Fsp3) is 0.720. The van der Waals surface area contributed by atoms with E-state index < -0.39 is 58.4 Å². The molecule has 0 aliphatic heterocycles. The molecule has 3 saturated carbocycles. The lowest BCUT2D eigenvalue weighted by Gasteiger charge is -2.63. The van der Waals surface area contributed by atoms with Gasteiger partial charge >= 0.3 is 5.97 Å². The summed E-state index contributed by atoms with van der Waals surface area (Å²) in [5, 5.41) is 21.3. The molecule has 0 aromatic rings. The van der Waals surface area contributed by atoms with E-state index in [1.54, 1.807) is 33.8 Å². The largest absolute Gasteiger partial charge is 0.459 e. The molecule has 2 N–H and O–H groups in total. The zero-order valence-electron chi connectivity index (χ0n) is 19.2. The average Bonchev–Trinajstić information content (AvgIpc) is 2.96. The zero-order chi connectivity index (χ0) is 23.7. The fourth-order valence-electron chi connectivity index (χ4n) is 7.59. The van der Waals surface area contributed by atoms with Crippen LogP contribution in [0.25, 0.3) is 0 Å². The zero-order valence-corrected chi connectivity index (χ0v) is 19.2. The van der Waals surface area contributed by atoms with Crippen LogP contribution >= 0.6 is 0 Å². The highest BCUT2D eigenvalue weighted by Crippen LogP contribution is 2.71. The van der Waals surface area contributed by atoms with E-state index in [0.717, 1.165) is 0 Å². The highest BCUT2D eigenvalue weighted by atomic mass is 19.1. The minimum absolute atomic E-state index is 0.0341. The third kappa shape index (κ3) is 2.67. The van der Waals surface area contributed by atoms with Gasteiger partial charge in [-0.1, -0.05) is 32.4 Å². The van der Waals surface area contributed by atoms with Gasteiger partial charge in [0.15, 0.2) is 17.2 Å². The third-order valence-electron chi connectivity index (χ3n) is 9.33. The molecule has 4 rings (SSSR count). The van der Waals surface area contributed by atoms with Crippen LogP contribution in [0.2, 0.25) is 0 Å². The Balaban J connectivity index is 1.89. The monoisotopic (exact) mass is 448 g/mol. The van der Waals surface area contributed by atoms with Crippen LogP contribution in [-0.2, 0) is 19.1 Å². The molecule has 6 nitrogen and oxygen atoms in total. The normalized spacial score (nSPS) is 47.2. The number of ether oxygens (including phenoxy) is 1. The summed E-state index contributed by atoms with van der Waals surface area (Å²) in [4.78, 5) is 37.2. The Kier molecular flexibility index (Phi) is 5.33. The van der Waals surface area contributed by atoms with Gasteiger partial charge in [0.25, 0.3) is 0 Å². The first-order chi connectivity index (χ1) is 14.9. The molecule has 0 radical (unpaired) electrons. The summed E-state index contributed by atoms with van der Waals surface area (Å²) in [6.07, 6.45) is 4.69. The maximum atomic E-state index is 17.6. The highest BCUT2D eigenvalue weighted by molar-refractivity contribution is 6.01. The Bertz CT molecular complexity index is 925. The number of hydrogen-bond acceptors (Lipinski definition) is 6. The minimum Gasteiger partial charge on any atom is -0.459 e. The standard InChI is InChI=1S/C25H33FO6/c1-5-21(30)32-20-12-23(4)18(10-14(2)25(23,31)19(29)13-27)17-7-6-15-11-16(28)8-9-22(15,3)24(17,20)26/h8-9,11,14,17-18,20,27,31H,5-7,10,12-13H2,1-4H3/t14-,17-,18-,20-,22-,23-,24-,25-/m0/s1. The summed E-state index contributed by atoms with van der Waals surface area (Å²) in [7, 11) is 0. The molecule has 0 bridgehead atoms. The Labute approximate surface area is 187 Å². The molecule has 8 atom stereocenters. The van der Waals surface area contributed by atoms with Crippen LogP contribution in [0.5, 0.6) is 0 Å². The lowest BCUT2D eigenvalue weighted by Crippen LogP contribution is -2.70. The lowest BCUT2D eigenvalue weighted by molar-refractivity contribution is -0.230. The maximum absolute atomic E-state index is 17.6. The molecule has 4 aliphatic carbocycles. The number of fused-ring (bicyclic) bond motifs is 5. The van der Waals surface area contributed by atoms with E-state index in [-0.39, 0.29) is 24.5 Å². The maximum Gasteiger partial charge on any atom is 0.305 e. The molecule has 0 saturated heterocycles. The van der Waals surface area contributed by atoms with Gasteiger partial charge in [0.1, 0.15) is 18.3 Å². The van der Waals surface area contributed by atoms with Crippen molar-refractivity contribution in [3.8, 4) is 0 Å². The second-order valence-electron chi connectivity index (χ2n) is 10.6. The van der Waals surface area contributed by atoms with E-state index >= 15 is 4.39 Å².